The summed E-state index contributed by atoms with van der Waals surface area (Å²) in [5, 5.41) is 0. The van der Waals surface area contributed by atoms with Crippen molar-refractivity contribution < 1.29 is 13.8 Å². The standard InChI is InChI=1S/C29H28Cl2N3O5P/c1-21-17-34(28(36)32-27(21)35)26-19-33(18-25(39-26)20-38-40(30,31)37)29(22-11-5-2-6-12-22,23-13-7-3-8-14-23)24-15-9-4-10-16-24/h2-17,25-26H,18-20H2,1H3,(H,32,35,36). The first kappa shape index (κ1) is 28.6. The lowest BCUT2D eigenvalue weighted by Gasteiger charge is -2.50. The zero-order valence-corrected chi connectivity index (χ0v) is 24.1. The third-order valence-corrected chi connectivity index (χ3v) is 8.10. The van der Waals surface area contributed by atoms with Crippen molar-refractivity contribution in [3.63, 3.8) is 0 Å². The van der Waals surface area contributed by atoms with Crippen LogP contribution in [0.3, 0.4) is 0 Å². The molecule has 2 atom stereocenters. The van der Waals surface area contributed by atoms with Gasteiger partial charge in [-0.25, -0.2) is 4.79 Å². The minimum Gasteiger partial charge on any atom is -0.350 e. The lowest BCUT2D eigenvalue weighted by Crippen LogP contribution is -2.58. The van der Waals surface area contributed by atoms with E-state index in [0.717, 1.165) is 16.7 Å². The lowest BCUT2D eigenvalue weighted by molar-refractivity contribution is -0.147. The molecule has 2 heterocycles. The van der Waals surface area contributed by atoms with Crippen LogP contribution in [0.15, 0.2) is 107 Å². The molecule has 0 saturated carbocycles. The molecule has 0 bridgehead atoms. The third kappa shape index (κ3) is 5.88. The summed E-state index contributed by atoms with van der Waals surface area (Å²) in [4.78, 5) is 29.7. The molecular weight excluding hydrogens is 572 g/mol. The topological polar surface area (TPSA) is 93.6 Å². The Bertz CT molecular complexity index is 1510. The van der Waals surface area contributed by atoms with Crippen molar-refractivity contribution in [2.24, 2.45) is 0 Å². The molecule has 1 saturated heterocycles. The van der Waals surface area contributed by atoms with Crippen molar-refractivity contribution in [3.05, 3.63) is 140 Å². The Balaban J connectivity index is 1.72. The van der Waals surface area contributed by atoms with Crippen molar-refractivity contribution in [2.45, 2.75) is 24.8 Å². The molecule has 1 aromatic heterocycles. The minimum atomic E-state index is -3.85. The molecule has 1 aliphatic heterocycles. The van der Waals surface area contributed by atoms with Gasteiger partial charge in [0.25, 0.3) is 5.56 Å². The summed E-state index contributed by atoms with van der Waals surface area (Å²) in [6, 6.07) is 30.2. The number of H-pyrrole nitrogens is 1. The van der Waals surface area contributed by atoms with Crippen LogP contribution in [0.1, 0.15) is 28.5 Å². The van der Waals surface area contributed by atoms with E-state index in [1.165, 1.54) is 10.8 Å². The Kier molecular flexibility index (Phi) is 8.47. The fourth-order valence-corrected chi connectivity index (χ4v) is 6.07. The fraction of sp³-hybridized carbons (Fsp3) is 0.241. The third-order valence-electron chi connectivity index (χ3n) is 7.07. The summed E-state index contributed by atoms with van der Waals surface area (Å²) in [5.74, 6) is 0. The van der Waals surface area contributed by atoms with E-state index in [2.05, 4.69) is 46.3 Å². The normalized spacial score (nSPS) is 18.5. The van der Waals surface area contributed by atoms with Crippen molar-refractivity contribution in [1.29, 1.82) is 0 Å². The van der Waals surface area contributed by atoms with E-state index < -0.39 is 35.2 Å². The molecule has 208 valence electrons. The SMILES string of the molecule is Cc1cn(C2CN(C(c3ccccc3)(c3ccccc3)c3ccccc3)CC(COP(=O)(Cl)Cl)O2)c(=O)[nH]c1=O. The molecule has 0 spiro atoms. The van der Waals surface area contributed by atoms with Crippen molar-refractivity contribution in [1.82, 2.24) is 14.5 Å². The van der Waals surface area contributed by atoms with Crippen LogP contribution in [0.5, 0.6) is 0 Å². The van der Waals surface area contributed by atoms with Gasteiger partial charge in [0.15, 0.2) is 6.23 Å². The molecule has 11 heteroatoms. The molecule has 3 aromatic carbocycles. The molecular formula is C29H28Cl2N3O5P. The van der Waals surface area contributed by atoms with E-state index in [4.69, 9.17) is 31.7 Å². The number of ether oxygens (including phenoxy) is 1. The van der Waals surface area contributed by atoms with E-state index >= 15 is 0 Å². The van der Waals surface area contributed by atoms with Gasteiger partial charge in [-0.05, 0) is 46.1 Å². The van der Waals surface area contributed by atoms with Gasteiger partial charge in [-0.15, -0.1) is 0 Å². The molecule has 40 heavy (non-hydrogen) atoms. The molecule has 0 amide bonds. The van der Waals surface area contributed by atoms with Gasteiger partial charge in [0, 0.05) is 24.8 Å². The molecule has 0 aliphatic carbocycles. The Morgan fingerprint density at radius 2 is 1.40 bits per heavy atom. The summed E-state index contributed by atoms with van der Waals surface area (Å²) >= 11 is 11.4. The number of morpholine rings is 1. The van der Waals surface area contributed by atoms with Crippen LogP contribution in [0.4, 0.5) is 0 Å². The van der Waals surface area contributed by atoms with Crippen LogP contribution < -0.4 is 11.2 Å². The molecule has 0 radical (unpaired) electrons. The quantitative estimate of drug-likeness (QED) is 0.208. The zero-order valence-electron chi connectivity index (χ0n) is 21.7. The first-order valence-corrected chi connectivity index (χ1v) is 16.1. The second kappa shape index (κ2) is 11.9. The molecule has 1 aliphatic rings. The predicted octanol–water partition coefficient (Wildman–Crippen LogP) is 5.64. The summed E-state index contributed by atoms with van der Waals surface area (Å²) in [5.41, 5.74) is 1.46. The highest BCUT2D eigenvalue weighted by Crippen LogP contribution is 2.57. The van der Waals surface area contributed by atoms with E-state index in [1.807, 2.05) is 54.6 Å². The number of hydrogen-bond donors (Lipinski definition) is 1. The summed E-state index contributed by atoms with van der Waals surface area (Å²) in [6.07, 6.45) is -3.88. The average molecular weight is 600 g/mol. The number of halogens is 2. The Morgan fingerprint density at radius 1 is 0.900 bits per heavy atom. The minimum absolute atomic E-state index is 0.178. The van der Waals surface area contributed by atoms with E-state index in [-0.39, 0.29) is 13.2 Å². The van der Waals surface area contributed by atoms with Gasteiger partial charge in [0.05, 0.1) is 18.2 Å². The van der Waals surface area contributed by atoms with Crippen LogP contribution in [0.2, 0.25) is 0 Å². The van der Waals surface area contributed by atoms with Gasteiger partial charge in [0.2, 0.25) is 0 Å². The van der Waals surface area contributed by atoms with Crippen LogP contribution in [0, 0.1) is 6.92 Å². The van der Waals surface area contributed by atoms with Crippen molar-refractivity contribution >= 4 is 28.6 Å². The van der Waals surface area contributed by atoms with E-state index in [0.29, 0.717) is 12.1 Å². The molecule has 2 unspecified atom stereocenters. The molecule has 4 aromatic rings. The van der Waals surface area contributed by atoms with Gasteiger partial charge in [-0.1, -0.05) is 91.0 Å². The maximum absolute atomic E-state index is 13.0. The summed E-state index contributed by atoms with van der Waals surface area (Å²) < 4.78 is 25.0. The number of aryl methyl sites for hydroxylation is 1. The maximum atomic E-state index is 13.0. The van der Waals surface area contributed by atoms with Crippen LogP contribution in [-0.4, -0.2) is 40.3 Å². The van der Waals surface area contributed by atoms with Crippen LogP contribution >= 0.6 is 28.6 Å². The number of benzene rings is 3. The van der Waals surface area contributed by atoms with Gasteiger partial charge < -0.3 is 9.26 Å². The highest BCUT2D eigenvalue weighted by atomic mass is 35.9. The number of hydrogen-bond acceptors (Lipinski definition) is 6. The van der Waals surface area contributed by atoms with Gasteiger partial charge in [-0.2, -0.15) is 0 Å². The maximum Gasteiger partial charge on any atom is 0.380 e. The van der Waals surface area contributed by atoms with Crippen molar-refractivity contribution in [2.75, 3.05) is 19.7 Å². The highest BCUT2D eigenvalue weighted by Gasteiger charge is 2.46. The Hall–Kier alpha value is -2.97. The first-order chi connectivity index (χ1) is 19.2. The number of rotatable bonds is 8. The Labute approximate surface area is 241 Å². The molecule has 1 N–H and O–H groups in total. The molecule has 1 fully saturated rings. The van der Waals surface area contributed by atoms with Crippen LogP contribution in [0.25, 0.3) is 0 Å². The van der Waals surface area contributed by atoms with Crippen LogP contribution in [-0.2, 0) is 19.4 Å². The molecule has 8 nitrogen and oxygen atoms in total. The number of nitrogens with one attached hydrogen (secondary N) is 1. The van der Waals surface area contributed by atoms with Gasteiger partial charge in [-0.3, -0.25) is 23.8 Å². The average Bonchev–Trinajstić information content (AvgIpc) is 2.96. The molecule has 5 rings (SSSR count). The van der Waals surface area contributed by atoms with E-state index in [1.54, 1.807) is 6.92 Å². The fourth-order valence-electron chi connectivity index (χ4n) is 5.39. The lowest BCUT2D eigenvalue weighted by atomic mass is 9.75. The summed E-state index contributed by atoms with van der Waals surface area (Å²) in [6.45, 7) is 2.03. The van der Waals surface area contributed by atoms with Gasteiger partial charge >= 0.3 is 11.8 Å². The first-order valence-electron chi connectivity index (χ1n) is 12.7. The monoisotopic (exact) mass is 599 g/mol. The number of nitrogens with zero attached hydrogens (tertiary/aromatic N) is 2. The zero-order chi connectivity index (χ0) is 28.3. The largest absolute Gasteiger partial charge is 0.380 e. The van der Waals surface area contributed by atoms with Crippen molar-refractivity contribution in [3.8, 4) is 0 Å². The highest BCUT2D eigenvalue weighted by molar-refractivity contribution is 8.05. The second-order valence-corrected chi connectivity index (χ2v) is 13.9. The number of aromatic nitrogens is 2. The predicted molar refractivity (Wildman–Crippen MR) is 156 cm³/mol. The summed E-state index contributed by atoms with van der Waals surface area (Å²) in [7, 11) is 0. The smallest absolute Gasteiger partial charge is 0.350 e. The van der Waals surface area contributed by atoms with Gasteiger partial charge in [0.1, 0.15) is 0 Å². The number of aromatic amines is 1. The second-order valence-electron chi connectivity index (χ2n) is 9.62. The Morgan fingerprint density at radius 3 is 1.88 bits per heavy atom. The van der Waals surface area contributed by atoms with E-state index in [9.17, 15) is 14.2 Å².